The summed E-state index contributed by atoms with van der Waals surface area (Å²) in [6.07, 6.45) is 0. The molecule has 2 aromatic heterocycles. The van der Waals surface area contributed by atoms with Crippen LogP contribution in [0.15, 0.2) is 104 Å². The molecule has 0 radical (unpaired) electrons. The summed E-state index contributed by atoms with van der Waals surface area (Å²) in [4.78, 5) is -0.00475. The van der Waals surface area contributed by atoms with Gasteiger partial charge in [-0.1, -0.05) is 69.9 Å². The van der Waals surface area contributed by atoms with Crippen molar-refractivity contribution in [2.45, 2.75) is 9.79 Å². The molecule has 0 aliphatic heterocycles. The summed E-state index contributed by atoms with van der Waals surface area (Å²) >= 11 is 11.9. The van der Waals surface area contributed by atoms with Crippen molar-refractivity contribution in [3.63, 3.8) is 0 Å². The van der Waals surface area contributed by atoms with E-state index in [0.29, 0.717) is 37.8 Å². The summed E-state index contributed by atoms with van der Waals surface area (Å²) in [6.45, 7) is 0. The Balaban J connectivity index is 0.000000169. The fourth-order valence-corrected chi connectivity index (χ4v) is 6.55. The molecule has 45 heavy (non-hydrogen) atoms. The molecule has 4 aromatic carbocycles. The van der Waals surface area contributed by atoms with Crippen molar-refractivity contribution in [3.05, 3.63) is 95.0 Å². The Morgan fingerprint density at radius 1 is 0.689 bits per heavy atom. The minimum Gasteiger partial charge on any atom is -0.495 e. The molecule has 0 fully saturated rings. The smallest absolute Gasteiger partial charge is 0.266 e. The SMILES string of the molecule is COc1ccccc1S(=O)(=O)Cl.COc1ccccc1S(=O)(=O)Nc1noc2cccc(Cl)c12.Nc1noc2cccc(Cl)c12. The first-order chi connectivity index (χ1) is 21.4. The Bertz CT molecular complexity index is 2170. The lowest BCUT2D eigenvalue weighted by atomic mass is 10.2. The van der Waals surface area contributed by atoms with Crippen molar-refractivity contribution < 1.29 is 35.4 Å². The van der Waals surface area contributed by atoms with Gasteiger partial charge in [-0.05, 0) is 48.5 Å². The lowest BCUT2D eigenvalue weighted by molar-refractivity contribution is 0.403. The number of nitrogens with one attached hydrogen (secondary N) is 1. The van der Waals surface area contributed by atoms with E-state index in [1.54, 1.807) is 66.7 Å². The molecule has 2 heterocycles. The Morgan fingerprint density at radius 3 is 1.71 bits per heavy atom. The predicted molar refractivity (Wildman–Crippen MR) is 172 cm³/mol. The molecule has 0 unspecified atom stereocenters. The highest BCUT2D eigenvalue weighted by molar-refractivity contribution is 8.13. The molecule has 0 aliphatic carbocycles. The fourth-order valence-electron chi connectivity index (χ4n) is 3.84. The average molecular weight is 714 g/mol. The predicted octanol–water partition coefficient (Wildman–Crippen LogP) is 6.98. The van der Waals surface area contributed by atoms with E-state index in [2.05, 4.69) is 15.0 Å². The number of nitrogen functional groups attached to an aromatic ring is 1. The van der Waals surface area contributed by atoms with Gasteiger partial charge in [0.05, 0.1) is 35.0 Å². The van der Waals surface area contributed by atoms with Gasteiger partial charge in [0, 0.05) is 10.7 Å². The first-order valence-corrected chi connectivity index (χ1v) is 17.0. The van der Waals surface area contributed by atoms with E-state index in [1.807, 2.05) is 0 Å². The lowest BCUT2D eigenvalue weighted by Gasteiger charge is -2.09. The molecule has 0 spiro atoms. The van der Waals surface area contributed by atoms with E-state index < -0.39 is 19.1 Å². The third-order valence-electron chi connectivity index (χ3n) is 5.84. The highest BCUT2D eigenvalue weighted by atomic mass is 35.7. The minimum atomic E-state index is -3.89. The van der Waals surface area contributed by atoms with Crippen molar-refractivity contribution in [1.29, 1.82) is 0 Å². The number of rotatable bonds is 6. The molecular weight excluding hydrogens is 691 g/mol. The van der Waals surface area contributed by atoms with Crippen molar-refractivity contribution >= 4 is 86.5 Å². The molecule has 3 N–H and O–H groups in total. The zero-order chi connectivity index (χ0) is 32.8. The van der Waals surface area contributed by atoms with Gasteiger partial charge in [0.15, 0.2) is 22.8 Å². The maximum Gasteiger partial charge on any atom is 0.266 e. The number of anilines is 2. The summed E-state index contributed by atoms with van der Waals surface area (Å²) in [5.74, 6) is 0.860. The van der Waals surface area contributed by atoms with Crippen LogP contribution in [0.1, 0.15) is 0 Å². The number of hydrogen-bond acceptors (Lipinski definition) is 11. The molecule has 12 nitrogen and oxygen atoms in total. The summed E-state index contributed by atoms with van der Waals surface area (Å²) < 4.78 is 69.0. The standard InChI is InChI=1S/C14H11ClN2O4S.C7H5ClN2O.C7H7ClO3S/c1-20-10-6-2-3-8-12(10)22(18,19)17-14-13-9(15)5-4-7-11(13)21-16-14;8-4-2-1-3-5-6(4)7(9)10-11-5;1-11-6-4-2-3-5-7(6)12(8,9)10/h2-8H,1H3,(H,16,17);1-3H,(H2,9,10);2-5H,1H3. The highest BCUT2D eigenvalue weighted by Gasteiger charge is 2.23. The first kappa shape index (κ1) is 33.7. The second-order valence-corrected chi connectivity index (χ2v) is 13.7. The molecule has 0 aliphatic rings. The monoisotopic (exact) mass is 712 g/mol. The third kappa shape index (κ3) is 7.90. The van der Waals surface area contributed by atoms with Gasteiger partial charge < -0.3 is 24.3 Å². The van der Waals surface area contributed by atoms with Gasteiger partial charge in [-0.2, -0.15) is 0 Å². The largest absolute Gasteiger partial charge is 0.495 e. The van der Waals surface area contributed by atoms with Gasteiger partial charge in [-0.15, -0.1) is 0 Å². The van der Waals surface area contributed by atoms with Gasteiger partial charge in [0.2, 0.25) is 0 Å². The van der Waals surface area contributed by atoms with Crippen LogP contribution in [0, 0.1) is 0 Å². The van der Waals surface area contributed by atoms with Gasteiger partial charge in [0.1, 0.15) is 21.3 Å². The maximum absolute atomic E-state index is 12.5. The third-order valence-corrected chi connectivity index (χ3v) is 9.21. The molecule has 0 saturated heterocycles. The number of hydrogen-bond donors (Lipinski definition) is 2. The quantitative estimate of drug-likeness (QED) is 0.170. The number of sulfonamides is 1. The number of fused-ring (bicyclic) bond motifs is 2. The molecule has 17 heteroatoms. The molecule has 236 valence electrons. The fraction of sp³-hybridized carbons (Fsp3) is 0.0714. The minimum absolute atomic E-state index is 0.000651. The van der Waals surface area contributed by atoms with E-state index in [1.165, 1.54) is 32.4 Å². The Labute approximate surface area is 272 Å². The Kier molecular flexibility index (Phi) is 10.7. The molecule has 6 aromatic rings. The van der Waals surface area contributed by atoms with Crippen LogP contribution >= 0.6 is 33.9 Å². The second-order valence-electron chi connectivity index (χ2n) is 8.67. The summed E-state index contributed by atoms with van der Waals surface area (Å²) in [5, 5.41) is 9.32. The molecule has 0 amide bonds. The van der Waals surface area contributed by atoms with Crippen LogP contribution in [0.3, 0.4) is 0 Å². The van der Waals surface area contributed by atoms with Crippen LogP contribution in [0.5, 0.6) is 11.5 Å². The number of nitrogens with two attached hydrogens (primary N) is 1. The Morgan fingerprint density at radius 2 is 1.18 bits per heavy atom. The summed E-state index contributed by atoms with van der Waals surface area (Å²) in [6, 6.07) is 22.7. The van der Waals surface area contributed by atoms with Gasteiger partial charge in [-0.3, -0.25) is 4.72 Å². The van der Waals surface area contributed by atoms with Crippen molar-refractivity contribution in [3.8, 4) is 11.5 Å². The van der Waals surface area contributed by atoms with E-state index in [4.69, 9.17) is 58.1 Å². The number of para-hydroxylation sites is 2. The van der Waals surface area contributed by atoms with Crippen LogP contribution in [0.4, 0.5) is 11.6 Å². The van der Waals surface area contributed by atoms with E-state index >= 15 is 0 Å². The van der Waals surface area contributed by atoms with Gasteiger partial charge in [-0.25, -0.2) is 16.8 Å². The van der Waals surface area contributed by atoms with Crippen LogP contribution in [0.25, 0.3) is 21.9 Å². The van der Waals surface area contributed by atoms with Crippen LogP contribution in [-0.4, -0.2) is 41.4 Å². The Hall–Kier alpha value is -4.21. The maximum atomic E-state index is 12.5. The van der Waals surface area contributed by atoms with Gasteiger partial charge in [0.25, 0.3) is 19.1 Å². The number of methoxy groups -OCH3 is 2. The summed E-state index contributed by atoms with van der Waals surface area (Å²) in [5.41, 5.74) is 6.50. The van der Waals surface area contributed by atoms with Gasteiger partial charge >= 0.3 is 0 Å². The van der Waals surface area contributed by atoms with E-state index in [0.717, 1.165) is 0 Å². The number of aromatic nitrogens is 2. The van der Waals surface area contributed by atoms with Crippen molar-refractivity contribution in [2.75, 3.05) is 24.7 Å². The van der Waals surface area contributed by atoms with Crippen LogP contribution in [-0.2, 0) is 19.1 Å². The molecular formula is C28H23Cl3N4O8S2. The number of nitrogens with zero attached hydrogens (tertiary/aromatic N) is 2. The lowest BCUT2D eigenvalue weighted by Crippen LogP contribution is -2.14. The van der Waals surface area contributed by atoms with Crippen molar-refractivity contribution in [2.24, 2.45) is 0 Å². The number of benzene rings is 4. The molecule has 6 rings (SSSR count). The summed E-state index contributed by atoms with van der Waals surface area (Å²) in [7, 11) is 0.335. The highest BCUT2D eigenvalue weighted by Crippen LogP contribution is 2.33. The second kappa shape index (κ2) is 14.3. The zero-order valence-electron chi connectivity index (χ0n) is 23.3. The molecule has 0 atom stereocenters. The van der Waals surface area contributed by atoms with Crippen LogP contribution < -0.4 is 19.9 Å². The van der Waals surface area contributed by atoms with Crippen molar-refractivity contribution in [1.82, 2.24) is 10.3 Å². The zero-order valence-corrected chi connectivity index (χ0v) is 27.2. The van der Waals surface area contributed by atoms with E-state index in [9.17, 15) is 16.8 Å². The normalized spacial score (nSPS) is 11.2. The molecule has 0 bridgehead atoms. The average Bonchev–Trinajstić information content (AvgIpc) is 3.61. The first-order valence-electron chi connectivity index (χ1n) is 12.4. The van der Waals surface area contributed by atoms with E-state index in [-0.39, 0.29) is 27.1 Å². The molecule has 0 saturated carbocycles. The topological polar surface area (TPSA) is 177 Å². The number of ether oxygens (including phenoxy) is 2. The van der Waals surface area contributed by atoms with Crippen LogP contribution in [0.2, 0.25) is 10.0 Å². The number of halogens is 3.